The maximum Gasteiger partial charge on any atom is 0.0537 e. The fraction of sp³-hybridized carbons (Fsp3) is 1.00. The van der Waals surface area contributed by atoms with Crippen molar-refractivity contribution < 1.29 is 5.11 Å². The SMILES string of the molecule is CCC(O)CCCCN(C)C. The molecule has 0 aromatic carbocycles. The summed E-state index contributed by atoms with van der Waals surface area (Å²) in [6.45, 7) is 3.16. The highest BCUT2D eigenvalue weighted by atomic mass is 16.3. The van der Waals surface area contributed by atoms with Crippen LogP contribution in [0, 0.1) is 0 Å². The first-order valence-electron chi connectivity index (χ1n) is 4.49. The van der Waals surface area contributed by atoms with Crippen LogP contribution in [-0.4, -0.2) is 36.8 Å². The number of aliphatic hydroxyl groups is 1. The Morgan fingerprint density at radius 2 is 1.91 bits per heavy atom. The van der Waals surface area contributed by atoms with E-state index in [9.17, 15) is 5.11 Å². The van der Waals surface area contributed by atoms with Crippen molar-refractivity contribution in [3.63, 3.8) is 0 Å². The Morgan fingerprint density at radius 3 is 2.36 bits per heavy atom. The third kappa shape index (κ3) is 7.82. The monoisotopic (exact) mass is 159 g/mol. The molecule has 0 radical (unpaired) electrons. The lowest BCUT2D eigenvalue weighted by atomic mass is 10.1. The Morgan fingerprint density at radius 1 is 1.27 bits per heavy atom. The van der Waals surface area contributed by atoms with E-state index < -0.39 is 0 Å². The van der Waals surface area contributed by atoms with Gasteiger partial charge in [-0.3, -0.25) is 0 Å². The second-order valence-corrected chi connectivity index (χ2v) is 3.36. The predicted octanol–water partition coefficient (Wildman–Crippen LogP) is 1.49. The van der Waals surface area contributed by atoms with Crippen LogP contribution in [0.4, 0.5) is 0 Å². The molecule has 0 rings (SSSR count). The number of rotatable bonds is 6. The Bertz CT molecular complexity index is 83.6. The number of hydrogen-bond acceptors (Lipinski definition) is 2. The van der Waals surface area contributed by atoms with Crippen molar-refractivity contribution in [1.82, 2.24) is 4.90 Å². The maximum absolute atomic E-state index is 9.21. The molecule has 0 bridgehead atoms. The molecular weight excluding hydrogens is 138 g/mol. The summed E-state index contributed by atoms with van der Waals surface area (Å²) in [5, 5.41) is 9.21. The van der Waals surface area contributed by atoms with E-state index in [2.05, 4.69) is 19.0 Å². The minimum Gasteiger partial charge on any atom is -0.393 e. The van der Waals surface area contributed by atoms with E-state index in [1.54, 1.807) is 0 Å². The van der Waals surface area contributed by atoms with Gasteiger partial charge in [-0.15, -0.1) is 0 Å². The number of aliphatic hydroxyl groups excluding tert-OH is 1. The first-order chi connectivity index (χ1) is 5.16. The average molecular weight is 159 g/mol. The van der Waals surface area contributed by atoms with Crippen LogP contribution in [0.15, 0.2) is 0 Å². The van der Waals surface area contributed by atoms with Gasteiger partial charge in [0.25, 0.3) is 0 Å². The van der Waals surface area contributed by atoms with Crippen LogP contribution in [0.3, 0.4) is 0 Å². The zero-order valence-electron chi connectivity index (χ0n) is 8.01. The molecule has 0 aliphatic carbocycles. The molecule has 1 N–H and O–H groups in total. The van der Waals surface area contributed by atoms with Gasteiger partial charge in [0.1, 0.15) is 0 Å². The zero-order chi connectivity index (χ0) is 8.69. The van der Waals surface area contributed by atoms with Gasteiger partial charge in [-0.2, -0.15) is 0 Å². The van der Waals surface area contributed by atoms with Crippen LogP contribution in [0.2, 0.25) is 0 Å². The van der Waals surface area contributed by atoms with E-state index in [1.165, 1.54) is 6.42 Å². The Hall–Kier alpha value is -0.0800. The lowest BCUT2D eigenvalue weighted by molar-refractivity contribution is 0.155. The van der Waals surface area contributed by atoms with Crippen molar-refractivity contribution in [2.75, 3.05) is 20.6 Å². The van der Waals surface area contributed by atoms with Crippen LogP contribution in [0.1, 0.15) is 32.6 Å². The first-order valence-corrected chi connectivity index (χ1v) is 4.49. The molecule has 2 heteroatoms. The van der Waals surface area contributed by atoms with Gasteiger partial charge < -0.3 is 10.0 Å². The molecule has 0 amide bonds. The summed E-state index contributed by atoms with van der Waals surface area (Å²) in [5.74, 6) is 0. The highest BCUT2D eigenvalue weighted by Crippen LogP contribution is 2.03. The van der Waals surface area contributed by atoms with E-state index >= 15 is 0 Å². The molecule has 68 valence electrons. The third-order valence-electron chi connectivity index (χ3n) is 1.86. The highest BCUT2D eigenvalue weighted by molar-refractivity contribution is 4.53. The van der Waals surface area contributed by atoms with Gasteiger partial charge in [0.2, 0.25) is 0 Å². The first kappa shape index (κ1) is 10.9. The molecule has 0 aliphatic rings. The standard InChI is InChI=1S/C9H21NO/c1-4-9(11)7-5-6-8-10(2)3/h9,11H,4-8H2,1-3H3. The lowest BCUT2D eigenvalue weighted by Crippen LogP contribution is -2.13. The summed E-state index contributed by atoms with van der Waals surface area (Å²) < 4.78 is 0. The normalized spacial score (nSPS) is 13.9. The quantitative estimate of drug-likeness (QED) is 0.593. The summed E-state index contributed by atoms with van der Waals surface area (Å²) in [6.07, 6.45) is 4.13. The van der Waals surface area contributed by atoms with Crippen molar-refractivity contribution in [2.24, 2.45) is 0 Å². The Kier molecular flexibility index (Phi) is 6.57. The molecular formula is C9H21NO. The smallest absolute Gasteiger partial charge is 0.0537 e. The van der Waals surface area contributed by atoms with E-state index in [1.807, 2.05) is 6.92 Å². The summed E-state index contributed by atoms with van der Waals surface area (Å²) in [5.41, 5.74) is 0. The number of unbranched alkanes of at least 4 members (excludes halogenated alkanes) is 1. The van der Waals surface area contributed by atoms with E-state index in [-0.39, 0.29) is 6.10 Å². The minimum atomic E-state index is -0.0721. The van der Waals surface area contributed by atoms with Gasteiger partial charge in [-0.25, -0.2) is 0 Å². The summed E-state index contributed by atoms with van der Waals surface area (Å²) >= 11 is 0. The molecule has 2 nitrogen and oxygen atoms in total. The second kappa shape index (κ2) is 6.62. The molecule has 0 fully saturated rings. The van der Waals surface area contributed by atoms with Crippen LogP contribution in [-0.2, 0) is 0 Å². The maximum atomic E-state index is 9.21. The van der Waals surface area contributed by atoms with Crippen molar-refractivity contribution in [2.45, 2.75) is 38.7 Å². The van der Waals surface area contributed by atoms with Crippen molar-refractivity contribution in [1.29, 1.82) is 0 Å². The molecule has 1 unspecified atom stereocenters. The average Bonchev–Trinajstić information content (AvgIpc) is 1.97. The second-order valence-electron chi connectivity index (χ2n) is 3.36. The molecule has 0 saturated heterocycles. The van der Waals surface area contributed by atoms with Gasteiger partial charge in [0.05, 0.1) is 6.10 Å². The van der Waals surface area contributed by atoms with E-state index in [4.69, 9.17) is 0 Å². The highest BCUT2D eigenvalue weighted by Gasteiger charge is 1.99. The van der Waals surface area contributed by atoms with Gasteiger partial charge in [0.15, 0.2) is 0 Å². The summed E-state index contributed by atoms with van der Waals surface area (Å²) in [7, 11) is 4.16. The van der Waals surface area contributed by atoms with Gasteiger partial charge >= 0.3 is 0 Å². The molecule has 1 atom stereocenters. The molecule has 0 heterocycles. The Balaban J connectivity index is 3.01. The number of hydrogen-bond donors (Lipinski definition) is 1. The molecule has 0 spiro atoms. The van der Waals surface area contributed by atoms with Crippen LogP contribution in [0.5, 0.6) is 0 Å². The molecule has 0 aromatic heterocycles. The predicted molar refractivity (Wildman–Crippen MR) is 48.7 cm³/mol. The summed E-state index contributed by atoms with van der Waals surface area (Å²) in [6, 6.07) is 0. The zero-order valence-corrected chi connectivity index (χ0v) is 8.01. The van der Waals surface area contributed by atoms with Crippen molar-refractivity contribution >= 4 is 0 Å². The largest absolute Gasteiger partial charge is 0.393 e. The Labute approximate surface area is 70.2 Å². The lowest BCUT2D eigenvalue weighted by Gasteiger charge is -2.10. The van der Waals surface area contributed by atoms with Crippen LogP contribution >= 0.6 is 0 Å². The minimum absolute atomic E-state index is 0.0721. The van der Waals surface area contributed by atoms with Crippen molar-refractivity contribution in [3.8, 4) is 0 Å². The van der Waals surface area contributed by atoms with Crippen LogP contribution < -0.4 is 0 Å². The van der Waals surface area contributed by atoms with Gasteiger partial charge in [0, 0.05) is 0 Å². The van der Waals surface area contributed by atoms with E-state index in [0.29, 0.717) is 0 Å². The third-order valence-corrected chi connectivity index (χ3v) is 1.86. The fourth-order valence-corrected chi connectivity index (χ4v) is 1.01. The van der Waals surface area contributed by atoms with Gasteiger partial charge in [-0.05, 0) is 46.3 Å². The van der Waals surface area contributed by atoms with Crippen LogP contribution in [0.25, 0.3) is 0 Å². The van der Waals surface area contributed by atoms with Gasteiger partial charge in [-0.1, -0.05) is 6.92 Å². The molecule has 0 aliphatic heterocycles. The van der Waals surface area contributed by atoms with Crippen molar-refractivity contribution in [3.05, 3.63) is 0 Å². The molecule has 0 aromatic rings. The molecule has 11 heavy (non-hydrogen) atoms. The number of nitrogens with zero attached hydrogens (tertiary/aromatic N) is 1. The summed E-state index contributed by atoms with van der Waals surface area (Å²) in [4.78, 5) is 2.18. The topological polar surface area (TPSA) is 23.5 Å². The molecule has 0 saturated carbocycles. The fourth-order valence-electron chi connectivity index (χ4n) is 1.01. The van der Waals surface area contributed by atoms with E-state index in [0.717, 1.165) is 25.8 Å².